The molecule has 0 saturated heterocycles. The van der Waals surface area contributed by atoms with Crippen LogP contribution in [-0.2, 0) is 0 Å². The van der Waals surface area contributed by atoms with Gasteiger partial charge in [-0.05, 0) is 11.9 Å². The maximum atomic E-state index is 5.16. The molecule has 3 N–H and O–H groups in total. The number of hydrazine groups is 2. The topological polar surface area (TPSA) is 41.3 Å². The van der Waals surface area contributed by atoms with Crippen molar-refractivity contribution in [3.05, 3.63) is 11.6 Å². The van der Waals surface area contributed by atoms with Crippen LogP contribution in [0.5, 0.6) is 0 Å². The Kier molecular flexibility index (Phi) is 3.19. The van der Waals surface area contributed by atoms with Gasteiger partial charge in [0, 0.05) is 11.6 Å². The van der Waals surface area contributed by atoms with Crippen LogP contribution in [0.4, 0.5) is 0 Å². The molecule has 0 amide bonds. The van der Waals surface area contributed by atoms with Crippen LogP contribution in [0.1, 0.15) is 0 Å². The Morgan fingerprint density at radius 2 is 2.43 bits per heavy atom. The molecule has 0 bridgehead atoms. The normalized spacial score (nSPS) is 18.4. The summed E-state index contributed by atoms with van der Waals surface area (Å²) in [6.07, 6.45) is 1.77. The van der Waals surface area contributed by atoms with Crippen molar-refractivity contribution in [3.8, 4) is 0 Å². The van der Waals surface area contributed by atoms with Crippen molar-refractivity contribution >= 4 is 24.4 Å². The number of halogens is 1. The van der Waals surface area contributed by atoms with Crippen LogP contribution < -0.4 is 11.3 Å². The molecule has 0 spiro atoms. The van der Waals surface area contributed by atoms with Gasteiger partial charge in [-0.25, -0.2) is 5.84 Å². The van der Waals surface area contributed by atoms with E-state index in [0.717, 1.165) is 0 Å². The lowest BCUT2D eigenvalue weighted by molar-refractivity contribution is 0.441. The molecule has 1 aliphatic rings. The highest BCUT2D eigenvalue weighted by Crippen LogP contribution is 2.06. The minimum Gasteiger partial charge on any atom is -0.302 e. The van der Waals surface area contributed by atoms with E-state index >= 15 is 0 Å². The summed E-state index contributed by atoms with van der Waals surface area (Å²) >= 11 is 1.42. The van der Waals surface area contributed by atoms with Crippen molar-refractivity contribution in [2.24, 2.45) is 5.84 Å². The zero-order chi connectivity index (χ0) is 4.41. The molecule has 1 rings (SSSR count). The molecule has 0 aliphatic carbocycles. The van der Waals surface area contributed by atoms with Gasteiger partial charge >= 0.3 is 0 Å². The third-order valence-corrected chi connectivity index (χ3v) is 1.03. The van der Waals surface area contributed by atoms with E-state index in [1.807, 2.05) is 5.41 Å². The first-order valence-electron chi connectivity index (χ1n) is 1.52. The average molecular weight is 140 g/mol. The zero-order valence-electron chi connectivity index (χ0n) is 3.50. The Morgan fingerprint density at radius 3 is 2.57 bits per heavy atom. The van der Waals surface area contributed by atoms with Crippen molar-refractivity contribution in [1.82, 2.24) is 9.95 Å². The van der Waals surface area contributed by atoms with Gasteiger partial charge in [0.1, 0.15) is 0 Å². The van der Waals surface area contributed by atoms with E-state index in [4.69, 9.17) is 5.84 Å². The summed E-state index contributed by atoms with van der Waals surface area (Å²) in [5.74, 6) is 5.16. The summed E-state index contributed by atoms with van der Waals surface area (Å²) in [6, 6.07) is 0. The molecule has 42 valence electrons. The SMILES string of the molecule is Cl.NN1NC=CS1. The van der Waals surface area contributed by atoms with Crippen molar-refractivity contribution in [2.75, 3.05) is 0 Å². The highest BCUT2D eigenvalue weighted by atomic mass is 35.5. The van der Waals surface area contributed by atoms with Crippen molar-refractivity contribution in [1.29, 1.82) is 0 Å². The molecule has 0 atom stereocenters. The number of nitrogens with zero attached hydrogens (tertiary/aromatic N) is 1. The van der Waals surface area contributed by atoms with Crippen LogP contribution in [0.25, 0.3) is 0 Å². The van der Waals surface area contributed by atoms with Crippen molar-refractivity contribution in [3.63, 3.8) is 0 Å². The molecule has 0 fully saturated rings. The largest absolute Gasteiger partial charge is 0.302 e. The first kappa shape index (κ1) is 7.10. The third kappa shape index (κ3) is 2.03. The quantitative estimate of drug-likeness (QED) is 0.372. The maximum Gasteiger partial charge on any atom is 0.0228 e. The fourth-order valence-electron chi connectivity index (χ4n) is 0.230. The van der Waals surface area contributed by atoms with Crippen LogP contribution in [0, 0.1) is 0 Å². The van der Waals surface area contributed by atoms with Gasteiger partial charge in [0.05, 0.1) is 0 Å². The second kappa shape index (κ2) is 3.15. The van der Waals surface area contributed by atoms with Gasteiger partial charge in [0.25, 0.3) is 0 Å². The lowest BCUT2D eigenvalue weighted by atomic mass is 11.1. The van der Waals surface area contributed by atoms with Crippen LogP contribution in [-0.4, -0.2) is 4.52 Å². The number of hydrogen-bond donors (Lipinski definition) is 2. The Balaban J connectivity index is 0.000000360. The number of nitrogens with one attached hydrogen (secondary N) is 1. The van der Waals surface area contributed by atoms with Gasteiger partial charge < -0.3 is 5.43 Å². The molecule has 0 aromatic rings. The van der Waals surface area contributed by atoms with Gasteiger partial charge in [-0.15, -0.1) is 12.4 Å². The molecule has 1 aliphatic heterocycles. The van der Waals surface area contributed by atoms with Gasteiger partial charge in [0.15, 0.2) is 0 Å². The minimum absolute atomic E-state index is 0. The molecular weight excluding hydrogens is 134 g/mol. The molecule has 0 radical (unpaired) electrons. The van der Waals surface area contributed by atoms with E-state index < -0.39 is 0 Å². The summed E-state index contributed by atoms with van der Waals surface area (Å²) in [5, 5.41) is 1.86. The average Bonchev–Trinajstić information content (AvgIpc) is 1.86. The van der Waals surface area contributed by atoms with Crippen molar-refractivity contribution < 1.29 is 0 Å². The van der Waals surface area contributed by atoms with E-state index in [2.05, 4.69) is 5.43 Å². The van der Waals surface area contributed by atoms with Crippen LogP contribution in [0.3, 0.4) is 0 Å². The highest BCUT2D eigenvalue weighted by molar-refractivity contribution is 7.99. The van der Waals surface area contributed by atoms with Gasteiger partial charge in [-0.3, -0.25) is 0 Å². The summed E-state index contributed by atoms with van der Waals surface area (Å²) in [7, 11) is 0. The van der Waals surface area contributed by atoms with E-state index in [-0.39, 0.29) is 12.4 Å². The first-order valence-corrected chi connectivity index (χ1v) is 2.36. The zero-order valence-corrected chi connectivity index (χ0v) is 5.13. The Morgan fingerprint density at radius 1 is 1.71 bits per heavy atom. The molecule has 1 heterocycles. The molecule has 0 aromatic carbocycles. The summed E-state index contributed by atoms with van der Waals surface area (Å²) < 4.78 is 1.42. The fourth-order valence-corrected chi connectivity index (χ4v) is 0.605. The summed E-state index contributed by atoms with van der Waals surface area (Å²) in [6.45, 7) is 0. The highest BCUT2D eigenvalue weighted by Gasteiger charge is 1.94. The molecule has 3 nitrogen and oxygen atoms in total. The second-order valence-electron chi connectivity index (χ2n) is 0.863. The van der Waals surface area contributed by atoms with E-state index in [9.17, 15) is 0 Å². The standard InChI is InChI=1S/C2H5N3S.ClH/c3-5-4-1-2-6-5;/h1-2,4H,3H2;1H. The van der Waals surface area contributed by atoms with E-state index in [0.29, 0.717) is 0 Å². The summed E-state index contributed by atoms with van der Waals surface area (Å²) in [5.41, 5.74) is 2.71. The number of rotatable bonds is 0. The van der Waals surface area contributed by atoms with Crippen LogP contribution >= 0.6 is 24.4 Å². The second-order valence-corrected chi connectivity index (χ2v) is 1.74. The molecule has 5 heteroatoms. The maximum absolute atomic E-state index is 5.16. The van der Waals surface area contributed by atoms with Gasteiger partial charge in [0.2, 0.25) is 0 Å². The van der Waals surface area contributed by atoms with Gasteiger partial charge in [-0.2, -0.15) is 0 Å². The predicted molar refractivity (Wildman–Crippen MR) is 33.1 cm³/mol. The van der Waals surface area contributed by atoms with Gasteiger partial charge in [-0.1, -0.05) is 4.52 Å². The van der Waals surface area contributed by atoms with E-state index in [1.165, 1.54) is 16.5 Å². The third-order valence-electron chi connectivity index (χ3n) is 0.444. The molecule has 7 heavy (non-hydrogen) atoms. The molecular formula is C2H6ClN3S. The fraction of sp³-hybridized carbons (Fsp3) is 0. The summed E-state index contributed by atoms with van der Waals surface area (Å²) in [4.78, 5) is 0. The number of nitrogens with two attached hydrogens (primary N) is 1. The molecule has 0 aromatic heterocycles. The van der Waals surface area contributed by atoms with E-state index in [1.54, 1.807) is 6.20 Å². The Bertz CT molecular complexity index is 67.3. The monoisotopic (exact) mass is 139 g/mol. The molecule has 0 saturated carbocycles. The Labute approximate surface area is 52.4 Å². The smallest absolute Gasteiger partial charge is 0.0228 e. The van der Waals surface area contributed by atoms with Crippen LogP contribution in [0.2, 0.25) is 0 Å². The Hall–Kier alpha value is 0.1000. The minimum atomic E-state index is 0. The number of hydrogen-bond acceptors (Lipinski definition) is 4. The predicted octanol–water partition coefficient (Wildman–Crippen LogP) is 0.222. The lowest BCUT2D eigenvalue weighted by Gasteiger charge is -2.02. The lowest BCUT2D eigenvalue weighted by Crippen LogP contribution is -2.29. The van der Waals surface area contributed by atoms with Crippen molar-refractivity contribution in [2.45, 2.75) is 0 Å². The van der Waals surface area contributed by atoms with Crippen LogP contribution in [0.15, 0.2) is 11.6 Å². The first-order chi connectivity index (χ1) is 2.89. The molecule has 0 unspecified atom stereocenters.